The van der Waals surface area contributed by atoms with Crippen LogP contribution in [0.15, 0.2) is 30.9 Å². The van der Waals surface area contributed by atoms with Gasteiger partial charge in [-0.2, -0.15) is 10.2 Å². The van der Waals surface area contributed by atoms with Crippen molar-refractivity contribution in [3.8, 4) is 16.3 Å². The van der Waals surface area contributed by atoms with Gasteiger partial charge in [0, 0.05) is 19.2 Å². The van der Waals surface area contributed by atoms with Gasteiger partial charge in [-0.05, 0) is 13.0 Å². The van der Waals surface area contributed by atoms with Crippen molar-refractivity contribution < 1.29 is 14.3 Å². The zero-order chi connectivity index (χ0) is 20.7. The fourth-order valence-electron chi connectivity index (χ4n) is 3.30. The Bertz CT molecular complexity index is 1270. The van der Waals surface area contributed by atoms with Crippen LogP contribution in [0, 0.1) is 6.92 Å². The highest BCUT2D eigenvalue weighted by atomic mass is 32.1. The molecule has 152 valence electrons. The maximum absolute atomic E-state index is 12.9. The van der Waals surface area contributed by atoms with Gasteiger partial charge in [0.1, 0.15) is 4.83 Å². The maximum Gasteiger partial charge on any atom is 0.260 e. The predicted molar refractivity (Wildman–Crippen MR) is 111 cm³/mol. The number of nitrogens with zero attached hydrogens (tertiary/aromatic N) is 5. The summed E-state index contributed by atoms with van der Waals surface area (Å²) in [6, 6.07) is 1.66. The van der Waals surface area contributed by atoms with Crippen LogP contribution in [0.1, 0.15) is 22.5 Å². The van der Waals surface area contributed by atoms with Crippen LogP contribution in [0.25, 0.3) is 15.3 Å². The number of hydrogen-bond acceptors (Lipinski definition) is 7. The van der Waals surface area contributed by atoms with Crippen molar-refractivity contribution in [3.63, 3.8) is 0 Å². The smallest absolute Gasteiger partial charge is 0.260 e. The first-order valence-electron chi connectivity index (χ1n) is 9.28. The number of nitrogens with one attached hydrogen (secondary N) is 2. The third kappa shape index (κ3) is 3.08. The quantitative estimate of drug-likeness (QED) is 0.477. The molecular formula is C19H17N7O3S. The monoisotopic (exact) mass is 423 g/mol. The molecule has 4 aromatic rings. The van der Waals surface area contributed by atoms with Gasteiger partial charge in [-0.25, -0.2) is 9.20 Å². The van der Waals surface area contributed by atoms with E-state index >= 15 is 0 Å². The van der Waals surface area contributed by atoms with Crippen LogP contribution < -0.4 is 15.4 Å². The minimum Gasteiger partial charge on any atom is -0.477 e. The van der Waals surface area contributed by atoms with Gasteiger partial charge in [0.15, 0.2) is 0 Å². The van der Waals surface area contributed by atoms with E-state index < -0.39 is 0 Å². The lowest BCUT2D eigenvalue weighted by Crippen LogP contribution is -2.14. The Balaban J connectivity index is 1.46. The average Bonchev–Trinajstić information content (AvgIpc) is 3.44. The van der Waals surface area contributed by atoms with Gasteiger partial charge in [0.25, 0.3) is 5.91 Å². The van der Waals surface area contributed by atoms with E-state index in [0.717, 1.165) is 29.3 Å². The van der Waals surface area contributed by atoms with Crippen LogP contribution >= 0.6 is 11.3 Å². The molecule has 0 fully saturated rings. The molecule has 0 saturated heterocycles. The number of amides is 2. The van der Waals surface area contributed by atoms with Gasteiger partial charge in [-0.15, -0.1) is 11.3 Å². The molecule has 30 heavy (non-hydrogen) atoms. The molecule has 0 spiro atoms. The summed E-state index contributed by atoms with van der Waals surface area (Å²) in [7, 11) is 0. The SMILES string of the molecule is Cc1ncc(NC=O)cc1NC(=O)c1cnn2cc(-c3cnn4c3OCCC4)sc12. The van der Waals surface area contributed by atoms with Crippen molar-refractivity contribution in [2.45, 2.75) is 19.9 Å². The first kappa shape index (κ1) is 18.3. The van der Waals surface area contributed by atoms with E-state index in [2.05, 4.69) is 25.8 Å². The first-order valence-corrected chi connectivity index (χ1v) is 10.1. The number of ether oxygens (including phenoxy) is 1. The van der Waals surface area contributed by atoms with Crippen LogP contribution in [0.5, 0.6) is 5.88 Å². The van der Waals surface area contributed by atoms with E-state index in [1.54, 1.807) is 23.7 Å². The highest BCUT2D eigenvalue weighted by molar-refractivity contribution is 7.21. The Morgan fingerprint density at radius 2 is 2.20 bits per heavy atom. The van der Waals surface area contributed by atoms with Gasteiger partial charge in [-0.3, -0.25) is 14.6 Å². The van der Waals surface area contributed by atoms with Gasteiger partial charge in [0.2, 0.25) is 12.3 Å². The van der Waals surface area contributed by atoms with Crippen molar-refractivity contribution in [1.82, 2.24) is 24.4 Å². The second-order valence-corrected chi connectivity index (χ2v) is 7.80. The number of aromatic nitrogens is 5. The molecule has 0 aromatic carbocycles. The summed E-state index contributed by atoms with van der Waals surface area (Å²) in [6.07, 6.45) is 8.21. The molecule has 0 radical (unpaired) electrons. The van der Waals surface area contributed by atoms with E-state index in [9.17, 15) is 9.59 Å². The highest BCUT2D eigenvalue weighted by Crippen LogP contribution is 2.37. The average molecular weight is 423 g/mol. The van der Waals surface area contributed by atoms with Crippen molar-refractivity contribution in [2.24, 2.45) is 0 Å². The van der Waals surface area contributed by atoms with Gasteiger partial charge in [-0.1, -0.05) is 0 Å². The summed E-state index contributed by atoms with van der Waals surface area (Å²) >= 11 is 1.45. The summed E-state index contributed by atoms with van der Waals surface area (Å²) in [4.78, 5) is 29.4. The van der Waals surface area contributed by atoms with E-state index in [4.69, 9.17) is 4.74 Å². The number of carbonyl (C=O) groups is 2. The van der Waals surface area contributed by atoms with Crippen molar-refractivity contribution in [3.05, 3.63) is 42.1 Å². The number of fused-ring (bicyclic) bond motifs is 2. The lowest BCUT2D eigenvalue weighted by molar-refractivity contribution is -0.105. The normalized spacial score (nSPS) is 13.0. The first-order chi connectivity index (χ1) is 14.6. The zero-order valence-electron chi connectivity index (χ0n) is 16.0. The molecule has 5 heterocycles. The Morgan fingerprint density at radius 3 is 3.07 bits per heavy atom. The van der Waals surface area contributed by atoms with E-state index in [-0.39, 0.29) is 5.91 Å². The van der Waals surface area contributed by atoms with Crippen molar-refractivity contribution >= 4 is 39.9 Å². The van der Waals surface area contributed by atoms with Gasteiger partial charge in [0.05, 0.1) is 58.3 Å². The molecule has 1 aliphatic rings. The molecule has 0 saturated carbocycles. The van der Waals surface area contributed by atoms with Crippen molar-refractivity contribution in [1.29, 1.82) is 0 Å². The van der Waals surface area contributed by atoms with Gasteiger partial charge >= 0.3 is 0 Å². The molecule has 11 heteroatoms. The highest BCUT2D eigenvalue weighted by Gasteiger charge is 2.22. The molecule has 10 nitrogen and oxygen atoms in total. The second-order valence-electron chi connectivity index (χ2n) is 6.77. The summed E-state index contributed by atoms with van der Waals surface area (Å²) < 4.78 is 9.31. The Hall–Kier alpha value is -3.73. The van der Waals surface area contributed by atoms with Gasteiger partial charge < -0.3 is 15.4 Å². The standard InChI is InChI=1S/C19H17N7O3S/c1-11-15(5-12(6-20-11)21-10-27)24-17(28)14-8-23-26-9-16(30-19(14)26)13-7-22-25-3-2-4-29-18(13)25/h5-10H,2-4H2,1H3,(H,21,27)(H,24,28). The summed E-state index contributed by atoms with van der Waals surface area (Å²) in [5.41, 5.74) is 2.99. The molecular weight excluding hydrogens is 406 g/mol. The number of aryl methyl sites for hydroxylation is 2. The predicted octanol–water partition coefficient (Wildman–Crippen LogP) is 2.57. The van der Waals surface area contributed by atoms with Crippen LogP contribution in [0.3, 0.4) is 0 Å². The molecule has 0 aliphatic carbocycles. The largest absolute Gasteiger partial charge is 0.477 e. The topological polar surface area (TPSA) is 115 Å². The van der Waals surface area contributed by atoms with Crippen LogP contribution in [0.2, 0.25) is 0 Å². The minimum atomic E-state index is -0.306. The summed E-state index contributed by atoms with van der Waals surface area (Å²) in [6.45, 7) is 3.28. The Labute approximate surface area is 174 Å². The van der Waals surface area contributed by atoms with Crippen LogP contribution in [-0.2, 0) is 11.3 Å². The number of pyridine rings is 1. The summed E-state index contributed by atoms with van der Waals surface area (Å²) in [5, 5.41) is 14.1. The second kappa shape index (κ2) is 7.26. The van der Waals surface area contributed by atoms with Crippen LogP contribution in [0.4, 0.5) is 11.4 Å². The lowest BCUT2D eigenvalue weighted by Gasteiger charge is -2.15. The fraction of sp³-hybridized carbons (Fsp3) is 0.211. The van der Waals surface area contributed by atoms with E-state index in [0.29, 0.717) is 40.5 Å². The number of carbonyl (C=O) groups excluding carboxylic acids is 2. The third-order valence-corrected chi connectivity index (χ3v) is 5.96. The molecule has 2 N–H and O–H groups in total. The molecule has 0 atom stereocenters. The molecule has 0 bridgehead atoms. The third-order valence-electron chi connectivity index (χ3n) is 4.81. The molecule has 2 amide bonds. The number of hydrogen-bond donors (Lipinski definition) is 2. The van der Waals surface area contributed by atoms with Crippen molar-refractivity contribution in [2.75, 3.05) is 17.2 Å². The number of anilines is 2. The number of thiazole rings is 1. The molecule has 0 unspecified atom stereocenters. The lowest BCUT2D eigenvalue weighted by atomic mass is 10.2. The summed E-state index contributed by atoms with van der Waals surface area (Å²) in [5.74, 6) is 0.442. The zero-order valence-corrected chi connectivity index (χ0v) is 16.8. The Kier molecular flexibility index (Phi) is 4.43. The maximum atomic E-state index is 12.9. The molecule has 4 aromatic heterocycles. The van der Waals surface area contributed by atoms with Crippen LogP contribution in [-0.4, -0.2) is 43.3 Å². The fourth-order valence-corrected chi connectivity index (χ4v) is 4.36. The Morgan fingerprint density at radius 1 is 1.30 bits per heavy atom. The molecule has 1 aliphatic heterocycles. The minimum absolute atomic E-state index is 0.306. The van der Waals surface area contributed by atoms with E-state index in [1.807, 2.05) is 10.9 Å². The molecule has 5 rings (SSSR count). The van der Waals surface area contributed by atoms with E-state index in [1.165, 1.54) is 23.7 Å². The number of rotatable bonds is 5.